The molecule has 0 spiro atoms. The highest BCUT2D eigenvalue weighted by atomic mass is 32.2. The molecule has 0 aromatic heterocycles. The van der Waals surface area contributed by atoms with Crippen LogP contribution in [0.4, 0.5) is 0 Å². The molecule has 3 aliphatic heterocycles. The van der Waals surface area contributed by atoms with Gasteiger partial charge in [-0.15, -0.1) is 0 Å². The number of amidine groups is 1. The van der Waals surface area contributed by atoms with E-state index in [4.69, 9.17) is 19.2 Å². The third-order valence-electron chi connectivity index (χ3n) is 6.19. The summed E-state index contributed by atoms with van der Waals surface area (Å²) >= 11 is 1.45. The van der Waals surface area contributed by atoms with Crippen molar-refractivity contribution in [2.45, 2.75) is 39.3 Å². The summed E-state index contributed by atoms with van der Waals surface area (Å²) in [6.45, 7) is 10.0. The molecule has 1 fully saturated rings. The lowest BCUT2D eigenvalue weighted by Crippen LogP contribution is -2.42. The van der Waals surface area contributed by atoms with Gasteiger partial charge in [0, 0.05) is 37.4 Å². The lowest BCUT2D eigenvalue weighted by Gasteiger charge is -2.37. The fourth-order valence-electron chi connectivity index (χ4n) is 4.50. The van der Waals surface area contributed by atoms with Crippen molar-refractivity contribution in [1.82, 2.24) is 15.1 Å². The van der Waals surface area contributed by atoms with Crippen LogP contribution in [0.3, 0.4) is 0 Å². The zero-order valence-corrected chi connectivity index (χ0v) is 22.1. The summed E-state index contributed by atoms with van der Waals surface area (Å²) in [4.78, 5) is 35.1. The van der Waals surface area contributed by atoms with E-state index in [-0.39, 0.29) is 18.4 Å². The number of aliphatic imine (C=N–C) groups is 1. The molecule has 194 valence electrons. The fraction of sp³-hybridized carbons (Fsp3) is 0.500. The van der Waals surface area contributed by atoms with Crippen molar-refractivity contribution in [2.75, 3.05) is 46.5 Å². The van der Waals surface area contributed by atoms with E-state index in [1.807, 2.05) is 55.3 Å². The lowest BCUT2D eigenvalue weighted by atomic mass is 9.93. The molecule has 1 atom stereocenters. The molecular weight excluding hydrogens is 480 g/mol. The summed E-state index contributed by atoms with van der Waals surface area (Å²) in [7, 11) is 1.61. The highest BCUT2D eigenvalue weighted by Gasteiger charge is 2.42. The molecule has 3 heterocycles. The number of nitrogens with zero attached hydrogens (tertiary/aromatic N) is 3. The van der Waals surface area contributed by atoms with E-state index in [2.05, 4.69) is 10.2 Å². The van der Waals surface area contributed by atoms with E-state index in [0.29, 0.717) is 23.6 Å². The second kappa shape index (κ2) is 11.9. The average Bonchev–Trinajstić information content (AvgIpc) is 3.25. The number of benzene rings is 1. The van der Waals surface area contributed by atoms with E-state index in [1.165, 1.54) is 11.8 Å². The molecule has 0 radical (unpaired) electrons. The first kappa shape index (κ1) is 26.2. The van der Waals surface area contributed by atoms with Crippen LogP contribution in [-0.2, 0) is 19.1 Å². The first-order chi connectivity index (χ1) is 17.4. The van der Waals surface area contributed by atoms with Crippen molar-refractivity contribution in [2.24, 2.45) is 4.99 Å². The molecular formula is C26H34N4O5S. The number of methoxy groups -OCH3 is 1. The van der Waals surface area contributed by atoms with Crippen molar-refractivity contribution >= 4 is 28.8 Å². The van der Waals surface area contributed by atoms with Crippen LogP contribution in [0.15, 0.2) is 51.6 Å². The van der Waals surface area contributed by atoms with Gasteiger partial charge in [0.25, 0.3) is 0 Å². The number of nitrogens with one attached hydrogen (secondary N) is 1. The monoisotopic (exact) mass is 514 g/mol. The standard InChI is InChI=1S/C26H34N4O5S/c1-17(2)35-25(32)23-18(3)28-26-30(24(23)20-7-5-6-8-21(20)33-4)19(16-36-26)15-22(31)27-9-10-29-11-13-34-14-12-29/h5-8,16-17,24H,9-15H2,1-4H3,(H,27,31)/t24-/m1/s1. The highest BCUT2D eigenvalue weighted by Crippen LogP contribution is 2.46. The van der Waals surface area contributed by atoms with Crippen molar-refractivity contribution < 1.29 is 23.8 Å². The number of fused-ring (bicyclic) bond motifs is 1. The maximum absolute atomic E-state index is 13.3. The second-order valence-corrected chi connectivity index (χ2v) is 9.91. The Morgan fingerprint density at radius 3 is 2.72 bits per heavy atom. The molecule has 1 N–H and O–H groups in total. The average molecular weight is 515 g/mol. The maximum atomic E-state index is 13.3. The Labute approximate surface area is 216 Å². The minimum Gasteiger partial charge on any atom is -0.496 e. The van der Waals surface area contributed by atoms with E-state index in [0.717, 1.165) is 49.3 Å². The van der Waals surface area contributed by atoms with Gasteiger partial charge in [-0.05, 0) is 32.2 Å². The molecule has 0 unspecified atom stereocenters. The van der Waals surface area contributed by atoms with Crippen LogP contribution in [-0.4, -0.2) is 79.5 Å². The van der Waals surface area contributed by atoms with E-state index >= 15 is 0 Å². The van der Waals surface area contributed by atoms with Crippen LogP contribution in [0.1, 0.15) is 38.8 Å². The molecule has 36 heavy (non-hydrogen) atoms. The smallest absolute Gasteiger partial charge is 0.338 e. The lowest BCUT2D eigenvalue weighted by molar-refractivity contribution is -0.143. The minimum atomic E-state index is -0.526. The number of ether oxygens (including phenoxy) is 3. The molecule has 4 rings (SSSR count). The van der Waals surface area contributed by atoms with Crippen molar-refractivity contribution in [1.29, 1.82) is 0 Å². The number of rotatable bonds is 9. The second-order valence-electron chi connectivity index (χ2n) is 9.07. The molecule has 1 saturated heterocycles. The third kappa shape index (κ3) is 5.93. The highest BCUT2D eigenvalue weighted by molar-refractivity contribution is 8.16. The number of carbonyl (C=O) groups excluding carboxylic acids is 2. The van der Waals surface area contributed by atoms with Crippen LogP contribution in [0.25, 0.3) is 0 Å². The van der Waals surface area contributed by atoms with Crippen LogP contribution in [0, 0.1) is 0 Å². The SMILES string of the molecule is COc1ccccc1[C@@H]1C(C(=O)OC(C)C)=C(C)N=C2SC=C(CC(=O)NCCN3CCOCC3)N21. The fourth-order valence-corrected chi connectivity index (χ4v) is 5.46. The summed E-state index contributed by atoms with van der Waals surface area (Å²) in [5.74, 6) is 0.151. The number of morpholine rings is 1. The van der Waals surface area contributed by atoms with Crippen LogP contribution < -0.4 is 10.1 Å². The van der Waals surface area contributed by atoms with Gasteiger partial charge >= 0.3 is 5.97 Å². The van der Waals surface area contributed by atoms with Gasteiger partial charge in [-0.2, -0.15) is 0 Å². The van der Waals surface area contributed by atoms with Gasteiger partial charge in [-0.25, -0.2) is 9.79 Å². The molecule has 1 aromatic rings. The topological polar surface area (TPSA) is 92.7 Å². The third-order valence-corrected chi connectivity index (χ3v) is 7.08. The first-order valence-corrected chi connectivity index (χ1v) is 13.1. The molecule has 9 nitrogen and oxygen atoms in total. The Bertz CT molecular complexity index is 1080. The molecule has 1 aromatic carbocycles. The summed E-state index contributed by atoms with van der Waals surface area (Å²) < 4.78 is 16.6. The quantitative estimate of drug-likeness (QED) is 0.503. The molecule has 0 saturated carbocycles. The largest absolute Gasteiger partial charge is 0.496 e. The van der Waals surface area contributed by atoms with E-state index < -0.39 is 12.0 Å². The summed E-state index contributed by atoms with van der Waals surface area (Å²) in [6.07, 6.45) is -0.103. The van der Waals surface area contributed by atoms with Gasteiger partial charge in [0.1, 0.15) is 5.75 Å². The van der Waals surface area contributed by atoms with Gasteiger partial charge in [0.2, 0.25) is 5.91 Å². The van der Waals surface area contributed by atoms with Crippen molar-refractivity contribution in [3.8, 4) is 5.75 Å². The molecule has 1 amide bonds. The van der Waals surface area contributed by atoms with E-state index in [9.17, 15) is 9.59 Å². The number of esters is 1. The molecule has 10 heteroatoms. The Hall–Kier alpha value is -2.82. The van der Waals surface area contributed by atoms with Crippen LogP contribution in [0.2, 0.25) is 0 Å². The van der Waals surface area contributed by atoms with E-state index in [1.54, 1.807) is 7.11 Å². The van der Waals surface area contributed by atoms with Gasteiger partial charge in [0.05, 0.1) is 50.2 Å². The Balaban J connectivity index is 1.56. The molecule has 3 aliphatic rings. The zero-order valence-electron chi connectivity index (χ0n) is 21.3. The van der Waals surface area contributed by atoms with Crippen LogP contribution >= 0.6 is 11.8 Å². The van der Waals surface area contributed by atoms with Gasteiger partial charge < -0.3 is 24.4 Å². The Morgan fingerprint density at radius 2 is 2.00 bits per heavy atom. The number of carbonyl (C=O) groups is 2. The van der Waals surface area contributed by atoms with Gasteiger partial charge in [0.15, 0.2) is 5.17 Å². The van der Waals surface area contributed by atoms with Gasteiger partial charge in [-0.3, -0.25) is 9.69 Å². The molecule has 0 aliphatic carbocycles. The minimum absolute atomic E-state index is 0.0762. The maximum Gasteiger partial charge on any atom is 0.338 e. The number of hydrogen-bond donors (Lipinski definition) is 1. The van der Waals surface area contributed by atoms with Crippen molar-refractivity contribution in [3.05, 3.63) is 52.2 Å². The number of amides is 1. The molecule has 0 bridgehead atoms. The first-order valence-electron chi connectivity index (χ1n) is 12.2. The Morgan fingerprint density at radius 1 is 1.25 bits per heavy atom. The number of thioether (sulfide) groups is 1. The predicted molar refractivity (Wildman–Crippen MR) is 139 cm³/mol. The number of allylic oxidation sites excluding steroid dienone is 1. The Kier molecular flexibility index (Phi) is 8.71. The summed E-state index contributed by atoms with van der Waals surface area (Å²) in [5.41, 5.74) is 2.63. The summed E-state index contributed by atoms with van der Waals surface area (Å²) in [6, 6.07) is 7.08. The number of para-hydroxylation sites is 1. The number of hydrogen-bond acceptors (Lipinski definition) is 9. The normalized spacial score (nSPS) is 20.1. The zero-order chi connectivity index (χ0) is 25.7. The van der Waals surface area contributed by atoms with Gasteiger partial charge in [-0.1, -0.05) is 30.0 Å². The van der Waals surface area contributed by atoms with Crippen molar-refractivity contribution in [3.63, 3.8) is 0 Å². The summed E-state index contributed by atoms with van der Waals surface area (Å²) in [5, 5.41) is 5.69. The predicted octanol–water partition coefficient (Wildman–Crippen LogP) is 3.06. The van der Waals surface area contributed by atoms with Crippen LogP contribution in [0.5, 0.6) is 5.75 Å².